The first-order chi connectivity index (χ1) is 19.5. The molecule has 3 saturated heterocycles. The highest BCUT2D eigenvalue weighted by Gasteiger charge is 2.45. The molecule has 0 unspecified atom stereocenters. The van der Waals surface area contributed by atoms with Gasteiger partial charge in [0, 0.05) is 18.7 Å². The van der Waals surface area contributed by atoms with E-state index in [2.05, 4.69) is 24.8 Å². The number of benzene rings is 1. The van der Waals surface area contributed by atoms with Gasteiger partial charge in [-0.3, -0.25) is 4.90 Å². The summed E-state index contributed by atoms with van der Waals surface area (Å²) < 4.78 is 43.3. The molecule has 0 radical (unpaired) electrons. The van der Waals surface area contributed by atoms with E-state index in [1.54, 1.807) is 0 Å². The molecule has 6 heterocycles. The van der Waals surface area contributed by atoms with Gasteiger partial charge in [0.25, 0.3) is 0 Å². The zero-order chi connectivity index (χ0) is 27.4. The number of ether oxygens (including phenoxy) is 2. The Labute approximate surface area is 234 Å². The van der Waals surface area contributed by atoms with E-state index in [9.17, 15) is 4.39 Å². The average Bonchev–Trinajstić information content (AvgIpc) is 3.67. The van der Waals surface area contributed by atoms with Gasteiger partial charge in [0.1, 0.15) is 34.8 Å². The van der Waals surface area contributed by atoms with Crippen molar-refractivity contribution in [2.24, 2.45) is 0 Å². The van der Waals surface area contributed by atoms with Crippen molar-refractivity contribution in [3.05, 3.63) is 23.8 Å². The quantitative estimate of drug-likeness (QED) is 0.338. The summed E-state index contributed by atoms with van der Waals surface area (Å²) in [5.74, 6) is -0.388. The highest BCUT2D eigenvalue weighted by Crippen LogP contribution is 2.42. The lowest BCUT2D eigenvalue weighted by Crippen LogP contribution is -2.43. The van der Waals surface area contributed by atoms with Crippen LogP contribution in [-0.2, 0) is 0 Å². The highest BCUT2D eigenvalue weighted by molar-refractivity contribution is 7.22. The second-order valence-electron chi connectivity index (χ2n) is 10.9. The average molecular weight is 568 g/mol. The predicted molar refractivity (Wildman–Crippen MR) is 151 cm³/mol. The number of nitrogen functional groups attached to an aromatic ring is 1. The van der Waals surface area contributed by atoms with Gasteiger partial charge in [0.15, 0.2) is 10.9 Å². The number of anilines is 2. The number of rotatable bonds is 6. The second-order valence-corrected chi connectivity index (χ2v) is 11.9. The Morgan fingerprint density at radius 1 is 0.950 bits per heavy atom. The number of nitrogens with zero attached hydrogens (tertiary/aromatic N) is 6. The lowest BCUT2D eigenvalue weighted by molar-refractivity contribution is 0.108. The van der Waals surface area contributed by atoms with E-state index in [1.165, 1.54) is 19.2 Å². The van der Waals surface area contributed by atoms with Gasteiger partial charge in [-0.05, 0) is 70.2 Å². The molecular formula is C28H31F2N7O2S. The number of nitrogens with two attached hydrogens (primary N) is 1. The molecule has 3 aliphatic heterocycles. The third kappa shape index (κ3) is 4.11. The van der Waals surface area contributed by atoms with Crippen LogP contribution < -0.4 is 20.1 Å². The minimum absolute atomic E-state index is 0.00644. The molecule has 0 aliphatic carbocycles. The molecule has 210 valence electrons. The van der Waals surface area contributed by atoms with Crippen LogP contribution in [0.25, 0.3) is 32.4 Å². The number of methoxy groups -OCH3 is 1. The molecule has 3 fully saturated rings. The van der Waals surface area contributed by atoms with Crippen LogP contribution in [0.1, 0.15) is 44.9 Å². The Morgan fingerprint density at radius 3 is 2.48 bits per heavy atom. The van der Waals surface area contributed by atoms with E-state index < -0.39 is 11.6 Å². The van der Waals surface area contributed by atoms with E-state index in [1.807, 2.05) is 0 Å². The normalized spacial score (nSPS) is 19.0. The molecule has 3 aromatic heterocycles. The van der Waals surface area contributed by atoms with Crippen molar-refractivity contribution >= 4 is 43.4 Å². The second kappa shape index (κ2) is 9.91. The number of piperidine rings is 1. The van der Waals surface area contributed by atoms with Crippen molar-refractivity contribution in [2.75, 3.05) is 50.5 Å². The van der Waals surface area contributed by atoms with Gasteiger partial charge >= 0.3 is 6.01 Å². The number of halogens is 2. The van der Waals surface area contributed by atoms with Gasteiger partial charge in [-0.1, -0.05) is 11.3 Å². The molecular weight excluding hydrogens is 536 g/mol. The first kappa shape index (κ1) is 25.6. The van der Waals surface area contributed by atoms with Crippen LogP contribution in [0.4, 0.5) is 19.7 Å². The minimum Gasteiger partial charge on any atom is -0.480 e. The first-order valence-corrected chi connectivity index (χ1v) is 14.7. The first-order valence-electron chi connectivity index (χ1n) is 13.9. The summed E-state index contributed by atoms with van der Waals surface area (Å²) in [5.41, 5.74) is 6.47. The number of hydrogen-bond donors (Lipinski definition) is 1. The van der Waals surface area contributed by atoms with Crippen LogP contribution in [0.2, 0.25) is 0 Å². The van der Waals surface area contributed by atoms with Gasteiger partial charge in [-0.15, -0.1) is 0 Å². The van der Waals surface area contributed by atoms with E-state index in [4.69, 9.17) is 20.2 Å². The van der Waals surface area contributed by atoms with Crippen molar-refractivity contribution in [2.45, 2.75) is 50.5 Å². The molecule has 3 aliphatic rings. The molecule has 0 atom stereocenters. The smallest absolute Gasteiger partial charge is 0.319 e. The fourth-order valence-corrected chi connectivity index (χ4v) is 7.44. The molecule has 1 aromatic carbocycles. The third-order valence-electron chi connectivity index (χ3n) is 8.61. The Hall–Kier alpha value is -3.38. The Bertz CT molecular complexity index is 1600. The molecule has 0 bridgehead atoms. The van der Waals surface area contributed by atoms with Crippen molar-refractivity contribution in [1.29, 1.82) is 0 Å². The van der Waals surface area contributed by atoms with Gasteiger partial charge < -0.3 is 20.1 Å². The fourth-order valence-electron chi connectivity index (χ4n) is 6.67. The van der Waals surface area contributed by atoms with Gasteiger partial charge in [-0.25, -0.2) is 18.7 Å². The molecule has 0 amide bonds. The summed E-state index contributed by atoms with van der Waals surface area (Å²) in [7, 11) is 1.49. The number of fused-ring (bicyclic) bond motifs is 3. The molecule has 0 saturated carbocycles. The predicted octanol–water partition coefficient (Wildman–Crippen LogP) is 5.17. The topological polar surface area (TPSA) is 103 Å². The Morgan fingerprint density at radius 2 is 1.73 bits per heavy atom. The van der Waals surface area contributed by atoms with E-state index in [0.717, 1.165) is 82.5 Å². The highest BCUT2D eigenvalue weighted by atomic mass is 32.1. The Kier molecular flexibility index (Phi) is 6.34. The number of aromatic nitrogens is 4. The molecule has 7 rings (SSSR count). The van der Waals surface area contributed by atoms with Crippen molar-refractivity contribution in [1.82, 2.24) is 24.8 Å². The van der Waals surface area contributed by atoms with E-state index >= 15 is 4.39 Å². The molecule has 2 N–H and O–H groups in total. The van der Waals surface area contributed by atoms with E-state index in [-0.39, 0.29) is 44.0 Å². The number of hydrogen-bond acceptors (Lipinski definition) is 10. The summed E-state index contributed by atoms with van der Waals surface area (Å²) in [6, 6.07) is 2.88. The lowest BCUT2D eigenvalue weighted by atomic mass is 9.95. The maximum atomic E-state index is 16.5. The summed E-state index contributed by atoms with van der Waals surface area (Å²) in [5, 5.41) is 0.586. The molecule has 12 heteroatoms. The van der Waals surface area contributed by atoms with Crippen LogP contribution in [0.5, 0.6) is 11.9 Å². The third-order valence-corrected chi connectivity index (χ3v) is 9.50. The monoisotopic (exact) mass is 567 g/mol. The summed E-state index contributed by atoms with van der Waals surface area (Å²) >= 11 is 1.01. The van der Waals surface area contributed by atoms with Crippen LogP contribution in [0, 0.1) is 11.6 Å². The number of pyridine rings is 1. The molecule has 40 heavy (non-hydrogen) atoms. The van der Waals surface area contributed by atoms with Crippen molar-refractivity contribution in [3.63, 3.8) is 0 Å². The maximum Gasteiger partial charge on any atom is 0.319 e. The summed E-state index contributed by atoms with van der Waals surface area (Å²) in [6.07, 6.45) is 7.60. The minimum atomic E-state index is -0.665. The lowest BCUT2D eigenvalue weighted by Gasteiger charge is -2.32. The zero-order valence-corrected chi connectivity index (χ0v) is 23.2. The SMILES string of the molecule is COc1nc(-c2ccc(F)c3sc(N)nc23)c(F)c2nc(OCC34CCCN3CCC4)nc(N3CCCCC3)c12. The van der Waals surface area contributed by atoms with Crippen LogP contribution in [0.3, 0.4) is 0 Å². The van der Waals surface area contributed by atoms with Gasteiger partial charge in [-0.2, -0.15) is 9.97 Å². The summed E-state index contributed by atoms with van der Waals surface area (Å²) in [4.78, 5) is 22.9. The van der Waals surface area contributed by atoms with Crippen molar-refractivity contribution < 1.29 is 18.3 Å². The largest absolute Gasteiger partial charge is 0.480 e. The number of thiazole rings is 1. The van der Waals surface area contributed by atoms with Gasteiger partial charge in [0.05, 0.1) is 22.9 Å². The molecule has 0 spiro atoms. The van der Waals surface area contributed by atoms with Crippen LogP contribution >= 0.6 is 11.3 Å². The Balaban J connectivity index is 1.40. The van der Waals surface area contributed by atoms with Crippen molar-refractivity contribution in [3.8, 4) is 23.1 Å². The van der Waals surface area contributed by atoms with Crippen LogP contribution in [0.15, 0.2) is 12.1 Å². The van der Waals surface area contributed by atoms with Gasteiger partial charge in [0.2, 0.25) is 5.88 Å². The molecule has 4 aromatic rings. The summed E-state index contributed by atoms with van der Waals surface area (Å²) in [6.45, 7) is 4.19. The standard InChI is InChI=1S/C28H31F2N7O2S/c1-38-25-18-22(19(30)20(32-25)16-7-8-17(29)23-21(16)33-26(31)40-23)34-27(35-24(18)36-11-3-2-4-12-36)39-15-28-9-5-13-37(28)14-6-10-28/h7-8H,2-6,9-15H2,1H3,(H2,31,33). The molecule has 9 nitrogen and oxygen atoms in total. The fraction of sp³-hybridized carbons (Fsp3) is 0.500. The van der Waals surface area contributed by atoms with Crippen LogP contribution in [-0.4, -0.2) is 70.3 Å². The van der Waals surface area contributed by atoms with E-state index in [0.29, 0.717) is 23.4 Å². The maximum absolute atomic E-state index is 16.5. The zero-order valence-electron chi connectivity index (χ0n) is 22.4.